The molecular formula is C31H33N3O4. The smallest absolute Gasteiger partial charge is 0.339 e. The summed E-state index contributed by atoms with van der Waals surface area (Å²) in [6.07, 6.45) is 0.879. The molecule has 0 bridgehead atoms. The molecule has 0 atom stereocenters. The van der Waals surface area contributed by atoms with Gasteiger partial charge in [-0.1, -0.05) is 48.5 Å². The second-order valence-electron chi connectivity index (χ2n) is 9.48. The highest BCUT2D eigenvalue weighted by Gasteiger charge is 2.26. The molecule has 0 aromatic heterocycles. The second kappa shape index (κ2) is 11.6. The molecule has 7 nitrogen and oxygen atoms in total. The molecule has 196 valence electrons. The topological polar surface area (TPSA) is 71.4 Å². The molecule has 1 saturated heterocycles. The number of amidine groups is 1. The Bertz CT molecular complexity index is 1360. The zero-order valence-corrected chi connectivity index (χ0v) is 22.0. The molecule has 38 heavy (non-hydrogen) atoms. The molecule has 2 heterocycles. The fourth-order valence-corrected chi connectivity index (χ4v) is 5.11. The number of aliphatic imine (C=N–C) groups is 1. The third kappa shape index (κ3) is 5.48. The molecule has 0 radical (unpaired) electrons. The number of rotatable bonds is 6. The van der Waals surface area contributed by atoms with Crippen LogP contribution in [0.2, 0.25) is 0 Å². The summed E-state index contributed by atoms with van der Waals surface area (Å²) in [6, 6.07) is 22.3. The Hall–Kier alpha value is -3.97. The van der Waals surface area contributed by atoms with E-state index in [9.17, 15) is 9.59 Å². The van der Waals surface area contributed by atoms with Crippen molar-refractivity contribution >= 4 is 23.5 Å². The summed E-state index contributed by atoms with van der Waals surface area (Å²) in [7, 11) is 0. The van der Waals surface area contributed by atoms with E-state index in [2.05, 4.69) is 52.3 Å². The lowest BCUT2D eigenvalue weighted by Crippen LogP contribution is -2.48. The maximum atomic E-state index is 12.6. The van der Waals surface area contributed by atoms with E-state index >= 15 is 0 Å². The Morgan fingerprint density at radius 2 is 1.45 bits per heavy atom. The molecule has 1 fully saturated rings. The summed E-state index contributed by atoms with van der Waals surface area (Å²) in [5.41, 5.74) is 6.23. The van der Waals surface area contributed by atoms with E-state index in [4.69, 9.17) is 14.5 Å². The summed E-state index contributed by atoms with van der Waals surface area (Å²) < 4.78 is 10.3. The van der Waals surface area contributed by atoms with E-state index in [0.29, 0.717) is 6.54 Å². The third-order valence-electron chi connectivity index (χ3n) is 7.01. The molecule has 3 aromatic carbocycles. The van der Waals surface area contributed by atoms with Crippen LogP contribution in [0, 0.1) is 0 Å². The molecule has 7 heteroatoms. The van der Waals surface area contributed by atoms with Crippen molar-refractivity contribution in [2.75, 3.05) is 39.4 Å². The number of piperazine rings is 1. The van der Waals surface area contributed by atoms with Gasteiger partial charge in [0.25, 0.3) is 0 Å². The normalized spacial score (nSPS) is 15.1. The third-order valence-corrected chi connectivity index (χ3v) is 7.01. The van der Waals surface area contributed by atoms with Crippen LogP contribution in [0.5, 0.6) is 0 Å². The van der Waals surface area contributed by atoms with Gasteiger partial charge in [-0.05, 0) is 48.7 Å². The fraction of sp³-hybridized carbons (Fsp3) is 0.323. The Kier molecular flexibility index (Phi) is 7.84. The SMILES string of the molecule is CCOC(=O)c1ccc(CN2CCN(C3=Nc4ccccc4Cc4ccccc43)CC2)cc1C(=O)OCC. The van der Waals surface area contributed by atoms with Crippen molar-refractivity contribution < 1.29 is 19.1 Å². The number of benzene rings is 3. The molecular weight excluding hydrogens is 478 g/mol. The molecule has 0 N–H and O–H groups in total. The van der Waals surface area contributed by atoms with Crippen molar-refractivity contribution in [3.8, 4) is 0 Å². The number of nitrogens with zero attached hydrogens (tertiary/aromatic N) is 3. The minimum absolute atomic E-state index is 0.240. The predicted molar refractivity (Wildman–Crippen MR) is 147 cm³/mol. The Balaban J connectivity index is 1.32. The van der Waals surface area contributed by atoms with Crippen LogP contribution >= 0.6 is 0 Å². The van der Waals surface area contributed by atoms with Gasteiger partial charge in [-0.2, -0.15) is 0 Å². The summed E-state index contributed by atoms with van der Waals surface area (Å²) in [4.78, 5) is 34.9. The van der Waals surface area contributed by atoms with Crippen LogP contribution in [0.25, 0.3) is 0 Å². The van der Waals surface area contributed by atoms with E-state index in [1.807, 2.05) is 12.1 Å². The Morgan fingerprint density at radius 1 is 0.789 bits per heavy atom. The van der Waals surface area contributed by atoms with Crippen molar-refractivity contribution in [2.45, 2.75) is 26.8 Å². The average molecular weight is 512 g/mol. The average Bonchev–Trinajstić information content (AvgIpc) is 3.10. The van der Waals surface area contributed by atoms with Gasteiger partial charge in [-0.3, -0.25) is 4.90 Å². The molecule has 0 unspecified atom stereocenters. The molecule has 0 saturated carbocycles. The number of hydrogen-bond donors (Lipinski definition) is 0. The van der Waals surface area contributed by atoms with Crippen molar-refractivity contribution in [3.05, 3.63) is 100 Å². The van der Waals surface area contributed by atoms with Crippen molar-refractivity contribution in [1.82, 2.24) is 9.80 Å². The van der Waals surface area contributed by atoms with Gasteiger partial charge in [0, 0.05) is 44.7 Å². The molecule has 2 aliphatic heterocycles. The van der Waals surface area contributed by atoms with E-state index in [1.165, 1.54) is 16.7 Å². The van der Waals surface area contributed by atoms with Gasteiger partial charge in [0.1, 0.15) is 5.84 Å². The highest BCUT2D eigenvalue weighted by atomic mass is 16.5. The zero-order valence-electron chi connectivity index (χ0n) is 22.0. The van der Waals surface area contributed by atoms with Crippen molar-refractivity contribution in [2.24, 2.45) is 4.99 Å². The summed E-state index contributed by atoms with van der Waals surface area (Å²) in [6.45, 7) is 8.07. The first kappa shape index (κ1) is 25.7. The van der Waals surface area contributed by atoms with Crippen LogP contribution in [0.3, 0.4) is 0 Å². The minimum atomic E-state index is -0.512. The number of carbonyl (C=O) groups excluding carboxylic acids is 2. The van der Waals surface area contributed by atoms with E-state index < -0.39 is 11.9 Å². The predicted octanol–water partition coefficient (Wildman–Crippen LogP) is 4.84. The van der Waals surface area contributed by atoms with Gasteiger partial charge in [0.2, 0.25) is 0 Å². The first-order valence-electron chi connectivity index (χ1n) is 13.3. The van der Waals surface area contributed by atoms with Crippen molar-refractivity contribution in [3.63, 3.8) is 0 Å². The zero-order chi connectivity index (χ0) is 26.5. The van der Waals surface area contributed by atoms with Gasteiger partial charge < -0.3 is 14.4 Å². The Morgan fingerprint density at radius 3 is 2.18 bits per heavy atom. The van der Waals surface area contributed by atoms with Gasteiger partial charge in [0.05, 0.1) is 30.0 Å². The van der Waals surface area contributed by atoms with Crippen LogP contribution in [0.4, 0.5) is 5.69 Å². The van der Waals surface area contributed by atoms with Gasteiger partial charge >= 0.3 is 11.9 Å². The lowest BCUT2D eigenvalue weighted by molar-refractivity contribution is 0.0478. The molecule has 5 rings (SSSR count). The number of hydrogen-bond acceptors (Lipinski definition) is 7. The molecule has 3 aromatic rings. The van der Waals surface area contributed by atoms with E-state index in [-0.39, 0.29) is 24.3 Å². The fourth-order valence-electron chi connectivity index (χ4n) is 5.11. The minimum Gasteiger partial charge on any atom is -0.462 e. The van der Waals surface area contributed by atoms with Gasteiger partial charge in [0.15, 0.2) is 0 Å². The van der Waals surface area contributed by atoms with E-state index in [1.54, 1.807) is 26.0 Å². The molecule has 0 spiro atoms. The highest BCUT2D eigenvalue weighted by Crippen LogP contribution is 2.30. The highest BCUT2D eigenvalue weighted by molar-refractivity contribution is 6.03. The maximum absolute atomic E-state index is 12.6. The molecule has 0 amide bonds. The standard InChI is InChI=1S/C31H33N3O4/c1-3-37-30(35)26-14-13-22(19-27(26)31(36)38-4-2)21-33-15-17-34(18-16-33)29-25-11-7-5-9-23(25)20-24-10-6-8-12-28(24)32-29/h5-14,19H,3-4,15-18,20-21H2,1-2H3. The van der Waals surface area contributed by atoms with Crippen LogP contribution in [0.15, 0.2) is 71.7 Å². The van der Waals surface area contributed by atoms with Crippen LogP contribution in [-0.2, 0) is 22.4 Å². The van der Waals surface area contributed by atoms with Gasteiger partial charge in [-0.25, -0.2) is 14.6 Å². The first-order valence-corrected chi connectivity index (χ1v) is 13.3. The maximum Gasteiger partial charge on any atom is 0.339 e. The van der Waals surface area contributed by atoms with Crippen LogP contribution in [-0.4, -0.2) is 67.0 Å². The number of carbonyl (C=O) groups is 2. The van der Waals surface area contributed by atoms with Gasteiger partial charge in [-0.15, -0.1) is 0 Å². The largest absolute Gasteiger partial charge is 0.462 e. The first-order chi connectivity index (χ1) is 18.6. The van der Waals surface area contributed by atoms with Crippen LogP contribution in [0.1, 0.15) is 56.8 Å². The van der Waals surface area contributed by atoms with E-state index in [0.717, 1.165) is 49.7 Å². The lowest BCUT2D eigenvalue weighted by atomic mass is 9.99. The number of ether oxygens (including phenoxy) is 2. The second-order valence-corrected chi connectivity index (χ2v) is 9.48. The summed E-state index contributed by atoms with van der Waals surface area (Å²) in [5.74, 6) is 0.0166. The molecule has 0 aliphatic carbocycles. The Labute approximate surface area is 223 Å². The quantitative estimate of drug-likeness (QED) is 0.441. The van der Waals surface area contributed by atoms with Crippen molar-refractivity contribution in [1.29, 1.82) is 0 Å². The number of para-hydroxylation sites is 1. The van der Waals surface area contributed by atoms with Crippen LogP contribution < -0.4 is 0 Å². The summed E-state index contributed by atoms with van der Waals surface area (Å²) in [5, 5.41) is 0. The monoisotopic (exact) mass is 511 g/mol. The lowest BCUT2D eigenvalue weighted by Gasteiger charge is -2.37. The summed E-state index contributed by atoms with van der Waals surface area (Å²) >= 11 is 0. The number of esters is 2. The number of fused-ring (bicyclic) bond motifs is 2. The molecule has 2 aliphatic rings.